The molecule has 2 atom stereocenters. The van der Waals surface area contributed by atoms with Crippen LogP contribution in [0, 0.1) is 5.92 Å². The summed E-state index contributed by atoms with van der Waals surface area (Å²) in [6, 6.07) is 0. The van der Waals surface area contributed by atoms with Gasteiger partial charge in [-0.1, -0.05) is 19.8 Å². The van der Waals surface area contributed by atoms with Crippen molar-refractivity contribution in [1.82, 2.24) is 9.97 Å². The normalized spacial score (nSPS) is 34.8. The van der Waals surface area contributed by atoms with Crippen molar-refractivity contribution in [3.8, 4) is 0 Å². The number of hydrogen-bond donors (Lipinski definition) is 2. The van der Waals surface area contributed by atoms with Crippen LogP contribution in [0.2, 0.25) is 0 Å². The van der Waals surface area contributed by atoms with E-state index in [2.05, 4.69) is 16.9 Å². The molecule has 2 rings (SSSR count). The van der Waals surface area contributed by atoms with E-state index in [1.165, 1.54) is 19.3 Å². The first-order valence-corrected chi connectivity index (χ1v) is 5.02. The van der Waals surface area contributed by atoms with Gasteiger partial charge in [0.05, 0.1) is 5.54 Å². The third-order valence-electron chi connectivity index (χ3n) is 3.30. The van der Waals surface area contributed by atoms with Crippen molar-refractivity contribution in [2.45, 2.75) is 38.1 Å². The largest absolute Gasteiger partial charge is 0.347 e. The van der Waals surface area contributed by atoms with Crippen LogP contribution < -0.4 is 5.73 Å². The van der Waals surface area contributed by atoms with Crippen molar-refractivity contribution in [2.24, 2.45) is 11.7 Å². The Bertz CT molecular complexity index is 268. The van der Waals surface area contributed by atoms with Crippen molar-refractivity contribution in [1.29, 1.82) is 0 Å². The van der Waals surface area contributed by atoms with E-state index in [9.17, 15) is 0 Å². The van der Waals surface area contributed by atoms with Crippen LogP contribution in [0.5, 0.6) is 0 Å². The van der Waals surface area contributed by atoms with Crippen molar-refractivity contribution in [3.63, 3.8) is 0 Å². The number of hydrogen-bond acceptors (Lipinski definition) is 2. The summed E-state index contributed by atoms with van der Waals surface area (Å²) in [4.78, 5) is 7.42. The van der Waals surface area contributed by atoms with Gasteiger partial charge in [0, 0.05) is 12.4 Å². The molecule has 13 heavy (non-hydrogen) atoms. The van der Waals surface area contributed by atoms with Gasteiger partial charge in [-0.15, -0.1) is 0 Å². The zero-order valence-corrected chi connectivity index (χ0v) is 8.09. The molecule has 1 aliphatic carbocycles. The minimum Gasteiger partial charge on any atom is -0.347 e. The van der Waals surface area contributed by atoms with Gasteiger partial charge in [0.25, 0.3) is 0 Å². The smallest absolute Gasteiger partial charge is 0.126 e. The molecule has 0 radical (unpaired) electrons. The van der Waals surface area contributed by atoms with Gasteiger partial charge in [-0.2, -0.15) is 0 Å². The Morgan fingerprint density at radius 3 is 3.08 bits per heavy atom. The third kappa shape index (κ3) is 1.37. The van der Waals surface area contributed by atoms with Gasteiger partial charge in [-0.3, -0.25) is 0 Å². The van der Waals surface area contributed by atoms with Crippen LogP contribution in [-0.2, 0) is 5.54 Å². The number of imidazole rings is 1. The molecule has 1 aliphatic rings. The fourth-order valence-corrected chi connectivity index (χ4v) is 2.24. The summed E-state index contributed by atoms with van der Waals surface area (Å²) in [5.41, 5.74) is 6.17. The fourth-order valence-electron chi connectivity index (χ4n) is 2.24. The van der Waals surface area contributed by atoms with E-state index in [1.807, 2.05) is 6.20 Å². The van der Waals surface area contributed by atoms with E-state index >= 15 is 0 Å². The lowest BCUT2D eigenvalue weighted by Crippen LogP contribution is -2.46. The van der Waals surface area contributed by atoms with E-state index in [0.29, 0.717) is 5.92 Å². The maximum absolute atomic E-state index is 6.37. The van der Waals surface area contributed by atoms with Crippen LogP contribution in [0.4, 0.5) is 0 Å². The molecule has 0 spiro atoms. The molecule has 1 aromatic rings. The summed E-state index contributed by atoms with van der Waals surface area (Å²) in [5.74, 6) is 1.49. The number of nitrogens with two attached hydrogens (primary N) is 1. The first-order valence-electron chi connectivity index (χ1n) is 5.02. The van der Waals surface area contributed by atoms with Crippen LogP contribution in [0.25, 0.3) is 0 Å². The second kappa shape index (κ2) is 3.14. The lowest BCUT2D eigenvalue weighted by Gasteiger charge is -2.37. The highest BCUT2D eigenvalue weighted by molar-refractivity contribution is 5.08. The highest BCUT2D eigenvalue weighted by atomic mass is 15.0. The van der Waals surface area contributed by atoms with Crippen molar-refractivity contribution in [2.75, 3.05) is 0 Å². The minimum absolute atomic E-state index is 0.207. The second-order valence-electron chi connectivity index (χ2n) is 4.12. The third-order valence-corrected chi connectivity index (χ3v) is 3.30. The van der Waals surface area contributed by atoms with E-state index < -0.39 is 0 Å². The summed E-state index contributed by atoms with van der Waals surface area (Å²) < 4.78 is 0. The molecule has 0 amide bonds. The molecule has 72 valence electrons. The molecule has 0 aliphatic heterocycles. The van der Waals surface area contributed by atoms with Crippen LogP contribution in [0.15, 0.2) is 12.4 Å². The zero-order chi connectivity index (χ0) is 9.31. The predicted molar refractivity (Wildman–Crippen MR) is 52.1 cm³/mol. The molecule has 0 saturated heterocycles. The van der Waals surface area contributed by atoms with E-state index in [0.717, 1.165) is 12.2 Å². The monoisotopic (exact) mass is 179 g/mol. The maximum atomic E-state index is 6.37. The Morgan fingerprint density at radius 2 is 2.46 bits per heavy atom. The molecule has 3 heteroatoms. The van der Waals surface area contributed by atoms with Crippen molar-refractivity contribution in [3.05, 3.63) is 18.2 Å². The Morgan fingerprint density at radius 1 is 1.62 bits per heavy atom. The molecular formula is C10H17N3. The Hall–Kier alpha value is -0.830. The standard InChI is InChI=1S/C10H17N3/c1-8-4-2-3-5-10(8,11)9-12-6-7-13-9/h6-8H,2-5,11H2,1H3,(H,12,13)/t8-,10-/m0/s1. The molecule has 1 fully saturated rings. The number of rotatable bonds is 1. The Balaban J connectivity index is 2.27. The van der Waals surface area contributed by atoms with Gasteiger partial charge in [-0.25, -0.2) is 4.98 Å². The van der Waals surface area contributed by atoms with E-state index in [4.69, 9.17) is 5.73 Å². The van der Waals surface area contributed by atoms with Crippen molar-refractivity contribution < 1.29 is 0 Å². The molecule has 1 heterocycles. The highest BCUT2D eigenvalue weighted by Gasteiger charge is 2.37. The number of nitrogens with zero attached hydrogens (tertiary/aromatic N) is 1. The first-order chi connectivity index (χ1) is 6.23. The number of aromatic nitrogens is 2. The highest BCUT2D eigenvalue weighted by Crippen LogP contribution is 2.37. The van der Waals surface area contributed by atoms with Crippen LogP contribution in [0.1, 0.15) is 38.4 Å². The lowest BCUT2D eigenvalue weighted by atomic mass is 9.74. The summed E-state index contributed by atoms with van der Waals surface area (Å²) >= 11 is 0. The van der Waals surface area contributed by atoms with Gasteiger partial charge in [0.1, 0.15) is 5.82 Å². The van der Waals surface area contributed by atoms with Crippen molar-refractivity contribution >= 4 is 0 Å². The van der Waals surface area contributed by atoms with Crippen LogP contribution in [0.3, 0.4) is 0 Å². The van der Waals surface area contributed by atoms with E-state index in [-0.39, 0.29) is 5.54 Å². The Kier molecular flexibility index (Phi) is 2.12. The predicted octanol–water partition coefficient (Wildman–Crippen LogP) is 1.77. The second-order valence-corrected chi connectivity index (χ2v) is 4.12. The quantitative estimate of drug-likeness (QED) is 0.690. The molecule has 1 saturated carbocycles. The topological polar surface area (TPSA) is 54.7 Å². The average Bonchev–Trinajstić information content (AvgIpc) is 2.63. The van der Waals surface area contributed by atoms with Crippen LogP contribution >= 0.6 is 0 Å². The molecule has 3 nitrogen and oxygen atoms in total. The number of nitrogens with one attached hydrogen (secondary N) is 1. The molecule has 0 bridgehead atoms. The summed E-state index contributed by atoms with van der Waals surface area (Å²) in [6.07, 6.45) is 8.44. The number of aromatic amines is 1. The summed E-state index contributed by atoms with van der Waals surface area (Å²) in [5, 5.41) is 0. The first kappa shape index (κ1) is 8.75. The zero-order valence-electron chi connectivity index (χ0n) is 8.09. The maximum Gasteiger partial charge on any atom is 0.126 e. The SMILES string of the molecule is C[C@H]1CCCC[C@@]1(N)c1ncc[nH]1. The molecule has 1 aromatic heterocycles. The van der Waals surface area contributed by atoms with Gasteiger partial charge in [-0.05, 0) is 18.8 Å². The molecular weight excluding hydrogens is 162 g/mol. The van der Waals surface area contributed by atoms with Gasteiger partial charge < -0.3 is 10.7 Å². The Labute approximate surface area is 78.7 Å². The lowest BCUT2D eigenvalue weighted by molar-refractivity contribution is 0.196. The molecule has 0 unspecified atom stereocenters. The molecule has 3 N–H and O–H groups in total. The molecule has 0 aromatic carbocycles. The average molecular weight is 179 g/mol. The van der Waals surface area contributed by atoms with E-state index in [1.54, 1.807) is 6.20 Å². The summed E-state index contributed by atoms with van der Waals surface area (Å²) in [6.45, 7) is 2.22. The van der Waals surface area contributed by atoms with Gasteiger partial charge >= 0.3 is 0 Å². The van der Waals surface area contributed by atoms with Crippen LogP contribution in [-0.4, -0.2) is 9.97 Å². The number of H-pyrrole nitrogens is 1. The fraction of sp³-hybridized carbons (Fsp3) is 0.700. The minimum atomic E-state index is -0.207. The van der Waals surface area contributed by atoms with Gasteiger partial charge in [0.2, 0.25) is 0 Å². The summed E-state index contributed by atoms with van der Waals surface area (Å²) in [7, 11) is 0. The van der Waals surface area contributed by atoms with Gasteiger partial charge in [0.15, 0.2) is 0 Å².